The van der Waals surface area contributed by atoms with Gasteiger partial charge in [-0.1, -0.05) is 11.8 Å². The zero-order valence-corrected chi connectivity index (χ0v) is 15.3. The number of hydrogen-bond acceptors (Lipinski definition) is 10. The van der Waals surface area contributed by atoms with Crippen molar-refractivity contribution in [2.75, 3.05) is 6.61 Å². The Morgan fingerprint density at radius 1 is 1.24 bits per heavy atom. The summed E-state index contributed by atoms with van der Waals surface area (Å²) in [7, 11) is 0. The Hall–Kier alpha value is -3.07. The molecule has 2 aromatic rings. The lowest BCUT2D eigenvalue weighted by Gasteiger charge is -2.15. The lowest BCUT2D eigenvalue weighted by Crippen LogP contribution is -2.33. The smallest absolute Gasteiger partial charge is 0.330 e. The number of aromatic amines is 1. The van der Waals surface area contributed by atoms with Gasteiger partial charge in [-0.2, -0.15) is 0 Å². The van der Waals surface area contributed by atoms with Gasteiger partial charge >= 0.3 is 5.69 Å². The van der Waals surface area contributed by atoms with Crippen molar-refractivity contribution in [2.45, 2.75) is 34.6 Å². The van der Waals surface area contributed by atoms with Crippen LogP contribution in [0.2, 0.25) is 0 Å². The van der Waals surface area contributed by atoms with Gasteiger partial charge in [0, 0.05) is 18.7 Å². The molecule has 1 saturated heterocycles. The monoisotopic (exact) mass is 426 g/mol. The van der Waals surface area contributed by atoms with Crippen LogP contribution in [0.1, 0.15) is 12.6 Å². The van der Waals surface area contributed by atoms with Gasteiger partial charge in [-0.25, -0.2) is 4.79 Å². The molecule has 0 unspecified atom stereocenters. The number of hydrogen-bond donors (Lipinski definition) is 3. The second-order valence-electron chi connectivity index (χ2n) is 6.04. The Kier molecular flexibility index (Phi) is 5.78. The Bertz CT molecular complexity index is 1080. The number of ether oxygens (including phenoxy) is 1. The molecule has 29 heavy (non-hydrogen) atoms. The Morgan fingerprint density at radius 2 is 1.97 bits per heavy atom. The topological polar surface area (TPSA) is 191 Å². The molecule has 0 aliphatic carbocycles. The zero-order chi connectivity index (χ0) is 21.3. The Morgan fingerprint density at radius 3 is 2.55 bits per heavy atom. The molecular weight excluding hydrogens is 412 g/mol. The number of nitrogens with one attached hydrogen (secondary N) is 1. The molecule has 154 valence electrons. The molecule has 0 amide bonds. The number of non-ortho nitro benzene ring substituents is 1. The van der Waals surface area contributed by atoms with Gasteiger partial charge in [0.15, 0.2) is 0 Å². The van der Waals surface area contributed by atoms with Gasteiger partial charge in [0.25, 0.3) is 16.9 Å². The van der Waals surface area contributed by atoms with Crippen molar-refractivity contribution >= 4 is 23.1 Å². The van der Waals surface area contributed by atoms with Crippen molar-refractivity contribution in [3.8, 4) is 0 Å². The average molecular weight is 426 g/mol. The molecule has 0 saturated carbocycles. The fraction of sp³-hybridized carbons (Fsp3) is 0.333. The van der Waals surface area contributed by atoms with Gasteiger partial charge in [-0.05, 0) is 6.07 Å². The average Bonchev–Trinajstić information content (AvgIpc) is 3.04. The highest BCUT2D eigenvalue weighted by Crippen LogP contribution is 2.36. The van der Waals surface area contributed by atoms with E-state index in [1.54, 1.807) is 0 Å². The normalized spacial score (nSPS) is 21.2. The third-order valence-corrected chi connectivity index (χ3v) is 5.28. The van der Waals surface area contributed by atoms with Gasteiger partial charge < -0.3 is 14.9 Å². The molecule has 1 aromatic carbocycles. The fourth-order valence-electron chi connectivity index (χ4n) is 2.77. The predicted molar refractivity (Wildman–Crippen MR) is 96.8 cm³/mol. The summed E-state index contributed by atoms with van der Waals surface area (Å²) in [5, 5.41) is 41.1. The van der Waals surface area contributed by atoms with Gasteiger partial charge in [0.2, 0.25) is 0 Å². The summed E-state index contributed by atoms with van der Waals surface area (Å²) < 4.78 is 6.39. The molecule has 1 fully saturated rings. The summed E-state index contributed by atoms with van der Waals surface area (Å²) in [5.41, 5.74) is -2.70. The van der Waals surface area contributed by atoms with Crippen LogP contribution in [-0.4, -0.2) is 48.4 Å². The molecule has 1 aliphatic heterocycles. The SMILES string of the molecule is O=c1[nH]c(=O)n([C@H]2C[C@H](O)[C@@H](CO)O2)cc1Sc1ccc([N+](=O)[O-])cc1[N+](=O)[O-]. The third kappa shape index (κ3) is 4.19. The minimum absolute atomic E-state index is 0.0149. The quantitative estimate of drug-likeness (QED) is 0.423. The first-order chi connectivity index (χ1) is 13.7. The maximum absolute atomic E-state index is 12.2. The van der Waals surface area contributed by atoms with Crippen LogP contribution < -0.4 is 11.2 Å². The van der Waals surface area contributed by atoms with Gasteiger partial charge in [-0.3, -0.25) is 34.6 Å². The highest BCUT2D eigenvalue weighted by Gasteiger charge is 2.35. The molecule has 3 N–H and O–H groups in total. The van der Waals surface area contributed by atoms with E-state index in [0.29, 0.717) is 11.8 Å². The molecule has 14 heteroatoms. The third-order valence-electron chi connectivity index (χ3n) is 4.20. The lowest BCUT2D eigenvalue weighted by molar-refractivity contribution is -0.396. The lowest BCUT2D eigenvalue weighted by atomic mass is 10.2. The number of aliphatic hydroxyl groups is 2. The van der Waals surface area contributed by atoms with E-state index >= 15 is 0 Å². The summed E-state index contributed by atoms with van der Waals surface area (Å²) in [6.07, 6.45) is -1.77. The molecule has 2 heterocycles. The minimum atomic E-state index is -1.02. The standard InChI is InChI=1S/C15H14N4O9S/c20-6-10-9(21)4-13(28-10)17-5-12(14(22)16-15(17)23)29-11-2-1-7(18(24)25)3-8(11)19(26)27/h1-3,5,9-10,13,20-21H,4,6H2,(H,16,22,23)/t9-,10+,13+/m0/s1. The molecule has 0 radical (unpaired) electrons. The first-order valence-electron chi connectivity index (χ1n) is 8.11. The van der Waals surface area contributed by atoms with Crippen LogP contribution >= 0.6 is 11.8 Å². The van der Waals surface area contributed by atoms with Crippen LogP contribution in [0.5, 0.6) is 0 Å². The molecule has 0 spiro atoms. The van der Waals surface area contributed by atoms with Crippen molar-refractivity contribution < 1.29 is 24.8 Å². The van der Waals surface area contributed by atoms with E-state index in [2.05, 4.69) is 4.98 Å². The van der Waals surface area contributed by atoms with Crippen LogP contribution in [0.25, 0.3) is 0 Å². The van der Waals surface area contributed by atoms with Gasteiger partial charge in [-0.15, -0.1) is 0 Å². The van der Waals surface area contributed by atoms with Crippen LogP contribution in [0.3, 0.4) is 0 Å². The number of nitro groups is 2. The highest BCUT2D eigenvalue weighted by atomic mass is 32.2. The van der Waals surface area contributed by atoms with E-state index in [-0.39, 0.29) is 16.2 Å². The maximum atomic E-state index is 12.2. The first-order valence-corrected chi connectivity index (χ1v) is 8.93. The van der Waals surface area contributed by atoms with Crippen LogP contribution in [0.15, 0.2) is 43.8 Å². The van der Waals surface area contributed by atoms with Crippen molar-refractivity contribution in [1.82, 2.24) is 9.55 Å². The van der Waals surface area contributed by atoms with Crippen molar-refractivity contribution in [3.63, 3.8) is 0 Å². The van der Waals surface area contributed by atoms with E-state index in [1.807, 2.05) is 0 Å². The number of aromatic nitrogens is 2. The minimum Gasteiger partial charge on any atom is -0.394 e. The number of H-pyrrole nitrogens is 1. The Labute approximate surface area is 164 Å². The number of nitro benzene ring substituents is 2. The molecular formula is C15H14N4O9S. The number of rotatable bonds is 6. The number of benzene rings is 1. The zero-order valence-electron chi connectivity index (χ0n) is 14.5. The van der Waals surface area contributed by atoms with Crippen molar-refractivity contribution in [3.05, 3.63) is 65.5 Å². The number of nitrogens with zero attached hydrogens (tertiary/aromatic N) is 3. The summed E-state index contributed by atoms with van der Waals surface area (Å²) in [6, 6.07) is 2.96. The summed E-state index contributed by atoms with van der Waals surface area (Å²) in [4.78, 5) is 46.7. The van der Waals surface area contributed by atoms with Crippen LogP contribution in [0.4, 0.5) is 11.4 Å². The molecule has 3 rings (SSSR count). The number of aliphatic hydroxyl groups excluding tert-OH is 2. The first kappa shape index (κ1) is 20.7. The van der Waals surface area contributed by atoms with E-state index in [1.165, 1.54) is 0 Å². The summed E-state index contributed by atoms with van der Waals surface area (Å²) >= 11 is 0.643. The molecule has 0 bridgehead atoms. The van der Waals surface area contributed by atoms with Crippen LogP contribution in [0, 0.1) is 20.2 Å². The van der Waals surface area contributed by atoms with Gasteiger partial charge in [0.1, 0.15) is 12.3 Å². The maximum Gasteiger partial charge on any atom is 0.330 e. The second-order valence-corrected chi connectivity index (χ2v) is 7.13. The van der Waals surface area contributed by atoms with E-state index in [4.69, 9.17) is 9.84 Å². The molecule has 1 aliphatic rings. The highest BCUT2D eigenvalue weighted by molar-refractivity contribution is 7.99. The molecule has 13 nitrogen and oxygen atoms in total. The van der Waals surface area contributed by atoms with Crippen molar-refractivity contribution in [1.29, 1.82) is 0 Å². The second kappa shape index (κ2) is 8.12. The predicted octanol–water partition coefficient (Wildman–Crippen LogP) is 0.145. The largest absolute Gasteiger partial charge is 0.394 e. The summed E-state index contributed by atoms with van der Waals surface area (Å²) in [6.45, 7) is -0.466. The van der Waals surface area contributed by atoms with E-state index in [0.717, 1.165) is 29.0 Å². The van der Waals surface area contributed by atoms with Crippen molar-refractivity contribution in [2.24, 2.45) is 0 Å². The molecule has 1 aromatic heterocycles. The molecule has 3 atom stereocenters. The Balaban J connectivity index is 1.99. The fourth-order valence-corrected chi connectivity index (χ4v) is 3.69. The van der Waals surface area contributed by atoms with E-state index < -0.39 is 57.5 Å². The summed E-state index contributed by atoms with van der Waals surface area (Å²) in [5.74, 6) is 0. The van der Waals surface area contributed by atoms with Gasteiger partial charge in [0.05, 0.1) is 38.4 Å². The van der Waals surface area contributed by atoms with E-state index in [9.17, 15) is 34.9 Å². The van der Waals surface area contributed by atoms with Crippen LogP contribution in [-0.2, 0) is 4.74 Å².